The second kappa shape index (κ2) is 10.1. The third-order valence-corrected chi connectivity index (χ3v) is 6.32. The fourth-order valence-corrected chi connectivity index (χ4v) is 4.33. The number of ether oxygens (including phenoxy) is 2. The molecule has 0 saturated heterocycles. The highest BCUT2D eigenvalue weighted by Crippen LogP contribution is 2.32. The molecule has 1 aromatic carbocycles. The van der Waals surface area contributed by atoms with Gasteiger partial charge in [-0.05, 0) is 23.6 Å². The highest BCUT2D eigenvalue weighted by molar-refractivity contribution is 14.0. The van der Waals surface area contributed by atoms with Gasteiger partial charge < -0.3 is 20.5 Å². The van der Waals surface area contributed by atoms with Gasteiger partial charge in [0.2, 0.25) is 10.0 Å². The van der Waals surface area contributed by atoms with Crippen LogP contribution in [0.15, 0.2) is 44.9 Å². The van der Waals surface area contributed by atoms with Crippen LogP contribution in [0.4, 0.5) is 5.69 Å². The van der Waals surface area contributed by atoms with Crippen LogP contribution in [0.5, 0.6) is 11.5 Å². The predicted octanol–water partition coefficient (Wildman–Crippen LogP) is 2.23. The first-order valence-corrected chi connectivity index (χ1v) is 10.4. The summed E-state index contributed by atoms with van der Waals surface area (Å²) in [5, 5.41) is 4.67. The molecular formula is C16H21IN4O4S2. The van der Waals surface area contributed by atoms with E-state index < -0.39 is 10.0 Å². The van der Waals surface area contributed by atoms with Gasteiger partial charge in [-0.3, -0.25) is 4.99 Å². The summed E-state index contributed by atoms with van der Waals surface area (Å²) < 4.78 is 37.9. The molecule has 4 N–H and O–H groups in total. The summed E-state index contributed by atoms with van der Waals surface area (Å²) >= 11 is 1.16. The van der Waals surface area contributed by atoms with Crippen LogP contribution in [-0.2, 0) is 10.0 Å². The van der Waals surface area contributed by atoms with Crippen molar-refractivity contribution in [3.63, 3.8) is 0 Å². The molecule has 27 heavy (non-hydrogen) atoms. The number of aliphatic imine (C=N–C) groups is 1. The fourth-order valence-electron chi connectivity index (χ4n) is 2.27. The quantitative estimate of drug-likeness (QED) is 0.231. The van der Waals surface area contributed by atoms with Crippen molar-refractivity contribution >= 4 is 57.0 Å². The molecule has 0 spiro atoms. The summed E-state index contributed by atoms with van der Waals surface area (Å²) in [6.07, 6.45) is 0.836. The van der Waals surface area contributed by atoms with Gasteiger partial charge in [-0.1, -0.05) is 6.07 Å². The molecule has 2 aromatic rings. The average Bonchev–Trinajstić information content (AvgIpc) is 3.06. The zero-order valence-electron chi connectivity index (χ0n) is 14.4. The summed E-state index contributed by atoms with van der Waals surface area (Å²) in [6, 6.07) is 8.66. The van der Waals surface area contributed by atoms with Crippen molar-refractivity contribution in [1.29, 1.82) is 0 Å². The molecule has 1 aromatic heterocycles. The second-order valence-electron chi connectivity index (χ2n) is 5.43. The molecular weight excluding hydrogens is 503 g/mol. The fraction of sp³-hybridized carbons (Fsp3) is 0.312. The van der Waals surface area contributed by atoms with E-state index in [9.17, 15) is 8.42 Å². The molecule has 2 heterocycles. The lowest BCUT2D eigenvalue weighted by Crippen LogP contribution is -2.28. The Labute approximate surface area is 179 Å². The maximum absolute atomic E-state index is 12.0. The van der Waals surface area contributed by atoms with Crippen molar-refractivity contribution in [3.05, 3.63) is 35.7 Å². The van der Waals surface area contributed by atoms with Gasteiger partial charge in [0.15, 0.2) is 17.5 Å². The Bertz CT molecular complexity index is 873. The van der Waals surface area contributed by atoms with E-state index in [-0.39, 0.29) is 47.2 Å². The largest absolute Gasteiger partial charge is 0.490 e. The standard InChI is InChI=1S/C16H20N4O4S2.HI/c17-16(18-6-7-19-26(21,22)15-3-1-10-25-15)20-12-4-5-13-14(11-12)24-9-2-8-23-13;/h1,3-5,10-11,19H,2,6-9H2,(H3,17,18,20);1H. The van der Waals surface area contributed by atoms with E-state index in [0.29, 0.717) is 24.7 Å². The van der Waals surface area contributed by atoms with E-state index in [1.165, 1.54) is 0 Å². The zero-order valence-corrected chi connectivity index (χ0v) is 18.3. The predicted molar refractivity (Wildman–Crippen MR) is 117 cm³/mol. The van der Waals surface area contributed by atoms with Crippen LogP contribution in [0.25, 0.3) is 0 Å². The van der Waals surface area contributed by atoms with Gasteiger partial charge in [-0.25, -0.2) is 13.1 Å². The third-order valence-electron chi connectivity index (χ3n) is 3.47. The molecule has 148 valence electrons. The number of benzene rings is 1. The molecule has 8 nitrogen and oxygen atoms in total. The zero-order chi connectivity index (χ0) is 18.4. The van der Waals surface area contributed by atoms with Crippen LogP contribution in [0.1, 0.15) is 6.42 Å². The van der Waals surface area contributed by atoms with Crippen molar-refractivity contribution in [2.45, 2.75) is 10.6 Å². The molecule has 0 radical (unpaired) electrons. The number of nitrogens with one attached hydrogen (secondary N) is 2. The SMILES string of the molecule is I.NC(=NCCNS(=O)(=O)c1cccs1)Nc1ccc2c(c1)OCCCO2. The van der Waals surface area contributed by atoms with Gasteiger partial charge in [-0.15, -0.1) is 35.3 Å². The van der Waals surface area contributed by atoms with Crippen molar-refractivity contribution in [3.8, 4) is 11.5 Å². The van der Waals surface area contributed by atoms with Gasteiger partial charge in [-0.2, -0.15) is 0 Å². The number of anilines is 1. The second-order valence-corrected chi connectivity index (χ2v) is 8.38. The van der Waals surface area contributed by atoms with Crippen molar-refractivity contribution in [2.75, 3.05) is 31.6 Å². The molecule has 0 amide bonds. The molecule has 1 aliphatic rings. The lowest BCUT2D eigenvalue weighted by Gasteiger charge is -2.10. The molecule has 0 bridgehead atoms. The Morgan fingerprint density at radius 1 is 1.22 bits per heavy atom. The number of hydrogen-bond acceptors (Lipinski definition) is 6. The first-order valence-electron chi connectivity index (χ1n) is 8.04. The molecule has 0 atom stereocenters. The lowest BCUT2D eigenvalue weighted by atomic mass is 10.3. The summed E-state index contributed by atoms with van der Waals surface area (Å²) in [6.45, 7) is 1.60. The Balaban J connectivity index is 0.00000261. The Hall–Kier alpha value is -1.57. The molecule has 0 unspecified atom stereocenters. The van der Waals surface area contributed by atoms with Crippen LogP contribution in [-0.4, -0.2) is 40.7 Å². The number of guanidine groups is 1. The van der Waals surface area contributed by atoms with Crippen LogP contribution in [0.3, 0.4) is 0 Å². The summed E-state index contributed by atoms with van der Waals surface area (Å²) in [5.41, 5.74) is 6.57. The smallest absolute Gasteiger partial charge is 0.250 e. The van der Waals surface area contributed by atoms with Crippen molar-refractivity contribution < 1.29 is 17.9 Å². The molecule has 3 rings (SSSR count). The summed E-state index contributed by atoms with van der Waals surface area (Å²) in [4.78, 5) is 4.12. The topological polar surface area (TPSA) is 115 Å². The van der Waals surface area contributed by atoms with Crippen molar-refractivity contribution in [2.24, 2.45) is 10.7 Å². The maximum Gasteiger partial charge on any atom is 0.250 e. The Morgan fingerprint density at radius 2 is 2.00 bits per heavy atom. The molecule has 0 saturated carbocycles. The summed E-state index contributed by atoms with van der Waals surface area (Å²) in [7, 11) is -3.48. The normalized spacial score (nSPS) is 14.1. The van der Waals surface area contributed by atoms with Gasteiger partial charge >= 0.3 is 0 Å². The number of hydrogen-bond donors (Lipinski definition) is 3. The minimum Gasteiger partial charge on any atom is -0.490 e. The molecule has 0 aliphatic carbocycles. The highest BCUT2D eigenvalue weighted by Gasteiger charge is 2.14. The van der Waals surface area contributed by atoms with Crippen LogP contribution >= 0.6 is 35.3 Å². The number of fused-ring (bicyclic) bond motifs is 1. The van der Waals surface area contributed by atoms with Gasteiger partial charge in [0.1, 0.15) is 4.21 Å². The molecule has 11 heteroatoms. The minimum absolute atomic E-state index is 0. The first-order chi connectivity index (χ1) is 12.5. The number of nitrogens with two attached hydrogens (primary N) is 1. The number of halogens is 1. The monoisotopic (exact) mass is 524 g/mol. The third kappa shape index (κ3) is 6.23. The van der Waals surface area contributed by atoms with Crippen molar-refractivity contribution in [1.82, 2.24) is 4.72 Å². The number of rotatable bonds is 6. The van der Waals surface area contributed by atoms with Crippen LogP contribution in [0, 0.1) is 0 Å². The number of sulfonamides is 1. The van der Waals surface area contributed by atoms with Gasteiger partial charge in [0.05, 0.1) is 19.8 Å². The van der Waals surface area contributed by atoms with E-state index in [2.05, 4.69) is 15.0 Å². The Kier molecular flexibility index (Phi) is 8.13. The van der Waals surface area contributed by atoms with Crippen LogP contribution < -0.4 is 25.2 Å². The maximum atomic E-state index is 12.0. The first kappa shape index (κ1) is 21.7. The lowest BCUT2D eigenvalue weighted by molar-refractivity contribution is 0.297. The minimum atomic E-state index is -3.48. The van der Waals surface area contributed by atoms with E-state index in [0.717, 1.165) is 23.4 Å². The molecule has 1 aliphatic heterocycles. The summed E-state index contributed by atoms with van der Waals surface area (Å²) in [5.74, 6) is 1.55. The molecule has 0 fully saturated rings. The van der Waals surface area contributed by atoms with E-state index in [1.54, 1.807) is 23.6 Å². The van der Waals surface area contributed by atoms with E-state index in [1.807, 2.05) is 12.1 Å². The number of thiophene rings is 1. The number of nitrogens with zero attached hydrogens (tertiary/aromatic N) is 1. The average molecular weight is 524 g/mol. The van der Waals surface area contributed by atoms with Gasteiger partial charge in [0, 0.05) is 24.7 Å². The Morgan fingerprint density at radius 3 is 2.74 bits per heavy atom. The van der Waals surface area contributed by atoms with Crippen LogP contribution in [0.2, 0.25) is 0 Å². The van der Waals surface area contributed by atoms with E-state index >= 15 is 0 Å². The van der Waals surface area contributed by atoms with E-state index in [4.69, 9.17) is 15.2 Å². The highest BCUT2D eigenvalue weighted by atomic mass is 127. The van der Waals surface area contributed by atoms with Gasteiger partial charge in [0.25, 0.3) is 0 Å².